The first-order valence-electron chi connectivity index (χ1n) is 7.87. The molecule has 6 heteroatoms. The molecule has 1 aliphatic rings. The second-order valence-electron chi connectivity index (χ2n) is 6.55. The van der Waals surface area contributed by atoms with Gasteiger partial charge in [-0.3, -0.25) is 9.59 Å². The van der Waals surface area contributed by atoms with Gasteiger partial charge in [-0.15, -0.1) is 0 Å². The third-order valence-electron chi connectivity index (χ3n) is 4.11. The van der Waals surface area contributed by atoms with Crippen molar-refractivity contribution in [1.29, 1.82) is 0 Å². The molecule has 1 fully saturated rings. The lowest BCUT2D eigenvalue weighted by atomic mass is 10.1. The van der Waals surface area contributed by atoms with Crippen molar-refractivity contribution in [2.24, 2.45) is 11.7 Å². The van der Waals surface area contributed by atoms with E-state index in [2.05, 4.69) is 4.90 Å². The Hall–Kier alpha value is -1.92. The van der Waals surface area contributed by atoms with Crippen LogP contribution >= 0.6 is 0 Å². The number of hydrogen-bond donors (Lipinski definition) is 1. The topological polar surface area (TPSA) is 69.9 Å². The van der Waals surface area contributed by atoms with E-state index in [-0.39, 0.29) is 17.7 Å². The number of likely N-dealkylation sites (N-methyl/N-ethyl adjacent to an activating group) is 1. The van der Waals surface area contributed by atoms with Gasteiger partial charge in [0.25, 0.3) is 5.91 Å². The van der Waals surface area contributed by atoms with Crippen LogP contribution in [0.15, 0.2) is 24.3 Å². The monoisotopic (exact) mass is 318 g/mol. The normalized spacial score (nSPS) is 19.7. The molecule has 6 nitrogen and oxygen atoms in total. The fraction of sp³-hybridized carbons (Fsp3) is 0.529. The van der Waals surface area contributed by atoms with E-state index in [1.807, 2.05) is 50.3 Å². The molecular weight excluding hydrogens is 292 g/mol. The van der Waals surface area contributed by atoms with Gasteiger partial charge in [0.15, 0.2) is 0 Å². The molecule has 23 heavy (non-hydrogen) atoms. The first-order valence-corrected chi connectivity index (χ1v) is 7.87. The molecule has 2 rings (SSSR count). The zero-order valence-electron chi connectivity index (χ0n) is 14.2. The van der Waals surface area contributed by atoms with Gasteiger partial charge in [-0.2, -0.15) is 0 Å². The van der Waals surface area contributed by atoms with E-state index in [0.29, 0.717) is 25.2 Å². The Morgan fingerprint density at radius 2 is 1.83 bits per heavy atom. The van der Waals surface area contributed by atoms with E-state index >= 15 is 0 Å². The first-order chi connectivity index (χ1) is 10.9. The number of nitrogens with zero attached hydrogens (tertiary/aromatic N) is 3. The fourth-order valence-electron chi connectivity index (χ4n) is 2.84. The van der Waals surface area contributed by atoms with Gasteiger partial charge in [-0.1, -0.05) is 12.1 Å². The van der Waals surface area contributed by atoms with Crippen LogP contribution in [0.25, 0.3) is 0 Å². The Balaban J connectivity index is 2.10. The van der Waals surface area contributed by atoms with Gasteiger partial charge >= 0.3 is 0 Å². The molecule has 1 heterocycles. The number of nitrogens with two attached hydrogens (primary N) is 1. The van der Waals surface area contributed by atoms with Crippen LogP contribution in [0.1, 0.15) is 15.9 Å². The number of carbonyl (C=O) groups is 2. The molecule has 0 spiro atoms. The smallest absolute Gasteiger partial charge is 0.253 e. The Kier molecular flexibility index (Phi) is 5.74. The van der Waals surface area contributed by atoms with Crippen LogP contribution in [0.5, 0.6) is 0 Å². The summed E-state index contributed by atoms with van der Waals surface area (Å²) in [6, 6.07) is 7.66. The molecule has 1 atom stereocenters. The second-order valence-corrected chi connectivity index (χ2v) is 6.55. The molecule has 2 N–H and O–H groups in total. The summed E-state index contributed by atoms with van der Waals surface area (Å²) in [7, 11) is 5.97. The largest absolute Gasteiger partial charge is 0.369 e. The number of rotatable bonds is 4. The van der Waals surface area contributed by atoms with Crippen molar-refractivity contribution in [3.63, 3.8) is 0 Å². The number of primary amides is 1. The minimum atomic E-state index is -0.349. The Bertz CT molecular complexity index is 556. The van der Waals surface area contributed by atoms with E-state index in [1.54, 1.807) is 4.90 Å². The summed E-state index contributed by atoms with van der Waals surface area (Å²) in [5, 5.41) is 0. The van der Waals surface area contributed by atoms with Crippen LogP contribution in [0.3, 0.4) is 0 Å². The van der Waals surface area contributed by atoms with Crippen molar-refractivity contribution >= 4 is 11.8 Å². The molecule has 2 amide bonds. The molecule has 126 valence electrons. The highest BCUT2D eigenvalue weighted by Crippen LogP contribution is 2.14. The SMILES string of the molecule is CN(C)Cc1ccc(C(=O)N2CCN(C)CC(C(N)=O)C2)cc1. The zero-order valence-corrected chi connectivity index (χ0v) is 14.2. The molecule has 1 unspecified atom stereocenters. The second kappa shape index (κ2) is 7.57. The average Bonchev–Trinajstić information content (AvgIpc) is 2.69. The Labute approximate surface area is 137 Å². The quantitative estimate of drug-likeness (QED) is 0.863. The highest BCUT2D eigenvalue weighted by Gasteiger charge is 2.27. The van der Waals surface area contributed by atoms with Gasteiger partial charge in [0, 0.05) is 38.3 Å². The molecular formula is C17H26N4O2. The van der Waals surface area contributed by atoms with Crippen LogP contribution in [-0.2, 0) is 11.3 Å². The Morgan fingerprint density at radius 1 is 1.17 bits per heavy atom. The maximum absolute atomic E-state index is 12.7. The highest BCUT2D eigenvalue weighted by atomic mass is 16.2. The molecule has 0 aliphatic carbocycles. The van der Waals surface area contributed by atoms with Crippen LogP contribution in [0, 0.1) is 5.92 Å². The van der Waals surface area contributed by atoms with Crippen molar-refractivity contribution in [1.82, 2.24) is 14.7 Å². The molecule has 1 aromatic carbocycles. The van der Waals surface area contributed by atoms with Crippen molar-refractivity contribution in [2.45, 2.75) is 6.54 Å². The number of hydrogen-bond acceptors (Lipinski definition) is 4. The fourth-order valence-corrected chi connectivity index (χ4v) is 2.84. The molecule has 0 aromatic heterocycles. The number of benzene rings is 1. The van der Waals surface area contributed by atoms with Gasteiger partial charge in [0.2, 0.25) is 5.91 Å². The third kappa shape index (κ3) is 4.77. The van der Waals surface area contributed by atoms with Gasteiger partial charge in [0.1, 0.15) is 0 Å². The first kappa shape index (κ1) is 17.4. The summed E-state index contributed by atoms with van der Waals surface area (Å²) in [6.45, 7) is 3.18. The van der Waals surface area contributed by atoms with E-state index in [0.717, 1.165) is 18.7 Å². The minimum absolute atomic E-state index is 0.0389. The van der Waals surface area contributed by atoms with E-state index in [9.17, 15) is 9.59 Å². The van der Waals surface area contributed by atoms with Gasteiger partial charge in [0.05, 0.1) is 5.92 Å². The Morgan fingerprint density at radius 3 is 2.39 bits per heavy atom. The van der Waals surface area contributed by atoms with Crippen LogP contribution < -0.4 is 5.73 Å². The molecule has 0 saturated carbocycles. The third-order valence-corrected chi connectivity index (χ3v) is 4.11. The minimum Gasteiger partial charge on any atom is -0.369 e. The molecule has 1 aliphatic heterocycles. The summed E-state index contributed by atoms with van der Waals surface area (Å²) >= 11 is 0. The summed E-state index contributed by atoms with van der Waals surface area (Å²) in [6.07, 6.45) is 0. The van der Waals surface area contributed by atoms with Crippen molar-refractivity contribution in [3.8, 4) is 0 Å². The van der Waals surface area contributed by atoms with Crippen LogP contribution in [0.4, 0.5) is 0 Å². The van der Waals surface area contributed by atoms with Gasteiger partial charge < -0.3 is 20.4 Å². The predicted molar refractivity (Wildman–Crippen MR) is 89.9 cm³/mol. The van der Waals surface area contributed by atoms with Gasteiger partial charge in [-0.25, -0.2) is 0 Å². The number of amides is 2. The van der Waals surface area contributed by atoms with Gasteiger partial charge in [-0.05, 0) is 38.8 Å². The highest BCUT2D eigenvalue weighted by molar-refractivity contribution is 5.94. The van der Waals surface area contributed by atoms with E-state index < -0.39 is 0 Å². The van der Waals surface area contributed by atoms with Crippen molar-refractivity contribution in [2.75, 3.05) is 47.3 Å². The van der Waals surface area contributed by atoms with Crippen molar-refractivity contribution < 1.29 is 9.59 Å². The lowest BCUT2D eigenvalue weighted by Crippen LogP contribution is -2.40. The average molecular weight is 318 g/mol. The zero-order chi connectivity index (χ0) is 17.0. The maximum atomic E-state index is 12.7. The standard InChI is InChI=1S/C17H26N4O2/c1-19(2)10-13-4-6-14(7-5-13)17(23)21-9-8-20(3)11-15(12-21)16(18)22/h4-7,15H,8-12H2,1-3H3,(H2,18,22). The summed E-state index contributed by atoms with van der Waals surface area (Å²) in [5.41, 5.74) is 7.27. The predicted octanol–water partition coefficient (Wildman–Crippen LogP) is 0.237. The maximum Gasteiger partial charge on any atom is 0.253 e. The van der Waals surface area contributed by atoms with E-state index in [4.69, 9.17) is 5.73 Å². The lowest BCUT2D eigenvalue weighted by Gasteiger charge is -2.23. The van der Waals surface area contributed by atoms with Crippen LogP contribution in [-0.4, -0.2) is 73.8 Å². The molecule has 0 bridgehead atoms. The van der Waals surface area contributed by atoms with Crippen LogP contribution in [0.2, 0.25) is 0 Å². The molecule has 1 aromatic rings. The molecule has 0 radical (unpaired) electrons. The van der Waals surface area contributed by atoms with Crippen molar-refractivity contribution in [3.05, 3.63) is 35.4 Å². The summed E-state index contributed by atoms with van der Waals surface area (Å²) in [5.74, 6) is -0.708. The number of carbonyl (C=O) groups excluding carboxylic acids is 2. The molecule has 1 saturated heterocycles. The summed E-state index contributed by atoms with van der Waals surface area (Å²) < 4.78 is 0. The summed E-state index contributed by atoms with van der Waals surface area (Å²) in [4.78, 5) is 30.1. The lowest BCUT2D eigenvalue weighted by molar-refractivity contribution is -0.122. The van der Waals surface area contributed by atoms with E-state index in [1.165, 1.54) is 0 Å².